The van der Waals surface area contributed by atoms with E-state index in [0.29, 0.717) is 0 Å². The minimum atomic E-state index is -1.86. The number of ether oxygens (including phenoxy) is 4. The molecule has 15 nitrogen and oxygen atoms in total. The summed E-state index contributed by atoms with van der Waals surface area (Å²) < 4.78 is 27.9. The lowest BCUT2D eigenvalue weighted by Crippen LogP contribution is -2.62. The molecule has 3 aromatic rings. The Kier molecular flexibility index (Phi) is 7.71. The van der Waals surface area contributed by atoms with Crippen LogP contribution in [-0.4, -0.2) is 108 Å². The van der Waals surface area contributed by atoms with E-state index >= 15 is 0 Å². The maximum atomic E-state index is 13.6. The van der Waals surface area contributed by atoms with Crippen molar-refractivity contribution in [3.05, 3.63) is 40.6 Å². The van der Waals surface area contributed by atoms with Gasteiger partial charge in [-0.05, 0) is 25.1 Å². The summed E-state index contributed by atoms with van der Waals surface area (Å²) >= 11 is 0. The first-order valence-electron chi connectivity index (χ1n) is 12.4. The van der Waals surface area contributed by atoms with Gasteiger partial charge in [0.1, 0.15) is 59.1 Å². The molecule has 222 valence electrons. The number of phenolic OH excluding ortho intramolecular Hbond substituents is 4. The van der Waals surface area contributed by atoms with Gasteiger partial charge in [0.25, 0.3) is 0 Å². The number of hydrogen-bond acceptors (Lipinski definition) is 15. The van der Waals surface area contributed by atoms with Crippen LogP contribution in [0.4, 0.5) is 0 Å². The summed E-state index contributed by atoms with van der Waals surface area (Å²) in [6.07, 6.45) is -14.1. The van der Waals surface area contributed by atoms with Gasteiger partial charge in [0.05, 0.1) is 12.7 Å². The van der Waals surface area contributed by atoms with Crippen molar-refractivity contribution in [3.63, 3.8) is 0 Å². The standard InChI is InChI=1S/C26H28O15/c1-8-17(32)23(40-25-20(35)18(33)14(31)7-37-25)21(36)26(38-8)41-24-19(34)16-13(30)5-10(27)6-15(16)39-22(24)9-2-3-11(28)12(29)4-9/h2-6,8,14,17-18,20-21,23,25-33,35-36H,7H2,1H3/t8-,14+,17-,18-,20+,21+,23+,25-,26-/m0/s1. The zero-order valence-electron chi connectivity index (χ0n) is 21.3. The van der Waals surface area contributed by atoms with Crippen LogP contribution in [0.15, 0.2) is 39.5 Å². The van der Waals surface area contributed by atoms with Crippen LogP contribution in [0.5, 0.6) is 28.7 Å². The second-order valence-electron chi connectivity index (χ2n) is 9.79. The first-order chi connectivity index (χ1) is 19.4. The zero-order chi connectivity index (χ0) is 29.7. The van der Waals surface area contributed by atoms with E-state index in [-0.39, 0.29) is 16.9 Å². The van der Waals surface area contributed by atoms with E-state index in [2.05, 4.69) is 0 Å². The van der Waals surface area contributed by atoms with Crippen LogP contribution in [-0.2, 0) is 14.2 Å². The summed E-state index contributed by atoms with van der Waals surface area (Å²) in [6, 6.07) is 5.37. The second kappa shape index (κ2) is 11.0. The van der Waals surface area contributed by atoms with Gasteiger partial charge in [0.2, 0.25) is 17.5 Å². The van der Waals surface area contributed by atoms with E-state index in [4.69, 9.17) is 23.4 Å². The molecular formula is C26H28O15. The lowest BCUT2D eigenvalue weighted by atomic mass is 9.98. The fraction of sp³-hybridized carbons (Fsp3) is 0.423. The van der Waals surface area contributed by atoms with Crippen molar-refractivity contribution in [2.45, 2.75) is 62.2 Å². The molecule has 3 heterocycles. The summed E-state index contributed by atoms with van der Waals surface area (Å²) in [4.78, 5) is 13.6. The summed E-state index contributed by atoms with van der Waals surface area (Å²) in [5.41, 5.74) is -1.22. The van der Waals surface area contributed by atoms with E-state index < -0.39 is 101 Å². The van der Waals surface area contributed by atoms with E-state index in [1.165, 1.54) is 13.0 Å². The van der Waals surface area contributed by atoms with Gasteiger partial charge < -0.3 is 69.3 Å². The number of aromatic hydroxyl groups is 4. The van der Waals surface area contributed by atoms with Crippen LogP contribution < -0.4 is 10.2 Å². The van der Waals surface area contributed by atoms with Crippen LogP contribution in [0.1, 0.15) is 6.92 Å². The number of hydrogen-bond donors (Lipinski definition) is 9. The topological polar surface area (TPSA) is 249 Å². The molecule has 2 aromatic carbocycles. The number of aliphatic hydroxyl groups is 5. The molecule has 5 rings (SSSR count). The van der Waals surface area contributed by atoms with E-state index in [0.717, 1.165) is 24.3 Å². The maximum Gasteiger partial charge on any atom is 0.239 e. The second-order valence-corrected chi connectivity index (χ2v) is 9.79. The van der Waals surface area contributed by atoms with Crippen molar-refractivity contribution in [1.29, 1.82) is 0 Å². The molecule has 0 radical (unpaired) electrons. The van der Waals surface area contributed by atoms with E-state index in [1.54, 1.807) is 0 Å². The number of phenols is 4. The third-order valence-electron chi connectivity index (χ3n) is 6.92. The quantitative estimate of drug-likeness (QED) is 0.163. The molecule has 0 saturated carbocycles. The predicted molar refractivity (Wildman–Crippen MR) is 134 cm³/mol. The number of rotatable bonds is 5. The Balaban J connectivity index is 1.54. The van der Waals surface area contributed by atoms with Crippen LogP contribution in [0.3, 0.4) is 0 Å². The highest BCUT2D eigenvalue weighted by Gasteiger charge is 2.49. The molecule has 2 aliphatic heterocycles. The van der Waals surface area contributed by atoms with Gasteiger partial charge in [-0.3, -0.25) is 4.79 Å². The third-order valence-corrected chi connectivity index (χ3v) is 6.92. The van der Waals surface area contributed by atoms with Gasteiger partial charge in [0, 0.05) is 17.7 Å². The summed E-state index contributed by atoms with van der Waals surface area (Å²) in [7, 11) is 0. The fourth-order valence-corrected chi connectivity index (χ4v) is 4.66. The first-order valence-corrected chi connectivity index (χ1v) is 12.4. The Morgan fingerprint density at radius 1 is 0.829 bits per heavy atom. The summed E-state index contributed by atoms with van der Waals surface area (Å²) in [5, 5.41) is 91.3. The molecule has 2 aliphatic rings. The molecule has 0 aliphatic carbocycles. The monoisotopic (exact) mass is 580 g/mol. The van der Waals surface area contributed by atoms with Gasteiger partial charge in [-0.1, -0.05) is 0 Å². The van der Waals surface area contributed by atoms with Crippen molar-refractivity contribution >= 4 is 11.0 Å². The average molecular weight is 580 g/mol. The number of aliphatic hydroxyl groups excluding tert-OH is 5. The molecule has 2 saturated heterocycles. The SMILES string of the molecule is C[C@@H]1O[C@@H](Oc2c(-c3ccc(O)c(O)c3)oc3cc(O)cc(O)c3c2=O)[C@H](O)[C@H](O[C@@H]2OC[C@@H](O)[C@H](O)[C@H]2O)[C@H]1O. The molecule has 9 N–H and O–H groups in total. The van der Waals surface area contributed by atoms with Crippen LogP contribution in [0.2, 0.25) is 0 Å². The van der Waals surface area contributed by atoms with Crippen molar-refractivity contribution in [3.8, 4) is 40.1 Å². The molecule has 2 fully saturated rings. The molecule has 0 amide bonds. The highest BCUT2D eigenvalue weighted by atomic mass is 16.7. The Morgan fingerprint density at radius 3 is 2.27 bits per heavy atom. The van der Waals surface area contributed by atoms with Crippen molar-refractivity contribution in [1.82, 2.24) is 0 Å². The largest absolute Gasteiger partial charge is 0.508 e. The van der Waals surface area contributed by atoms with Crippen molar-refractivity contribution in [2.75, 3.05) is 6.61 Å². The first kappa shape index (κ1) is 28.8. The maximum absolute atomic E-state index is 13.6. The highest BCUT2D eigenvalue weighted by molar-refractivity contribution is 5.88. The molecule has 9 atom stereocenters. The van der Waals surface area contributed by atoms with E-state index in [1.807, 2.05) is 0 Å². The van der Waals surface area contributed by atoms with E-state index in [9.17, 15) is 50.8 Å². The average Bonchev–Trinajstić information content (AvgIpc) is 2.91. The Labute approximate surface area is 230 Å². The van der Waals surface area contributed by atoms with Crippen molar-refractivity contribution in [2.24, 2.45) is 0 Å². The summed E-state index contributed by atoms with van der Waals surface area (Å²) in [5.74, 6) is -3.11. The predicted octanol–water partition coefficient (Wildman–Crippen LogP) is -1.05. The Bertz CT molecular complexity index is 1490. The molecule has 41 heavy (non-hydrogen) atoms. The fourth-order valence-electron chi connectivity index (χ4n) is 4.66. The van der Waals surface area contributed by atoms with Crippen LogP contribution >= 0.6 is 0 Å². The summed E-state index contributed by atoms with van der Waals surface area (Å²) in [6.45, 7) is 0.990. The smallest absolute Gasteiger partial charge is 0.239 e. The molecule has 15 heteroatoms. The molecule has 1 aromatic heterocycles. The van der Waals surface area contributed by atoms with Gasteiger partial charge in [0.15, 0.2) is 23.5 Å². The van der Waals surface area contributed by atoms with Gasteiger partial charge >= 0.3 is 0 Å². The minimum absolute atomic E-state index is 0.00888. The Hall–Kier alpha value is -3.67. The normalized spacial score (nSPS) is 32.2. The lowest BCUT2D eigenvalue weighted by Gasteiger charge is -2.44. The van der Waals surface area contributed by atoms with Crippen LogP contribution in [0.25, 0.3) is 22.3 Å². The molecule has 0 unspecified atom stereocenters. The number of benzene rings is 2. The van der Waals surface area contributed by atoms with Crippen LogP contribution in [0, 0.1) is 0 Å². The zero-order valence-corrected chi connectivity index (χ0v) is 21.3. The molecular weight excluding hydrogens is 552 g/mol. The lowest BCUT2D eigenvalue weighted by molar-refractivity contribution is -0.336. The molecule has 0 bridgehead atoms. The van der Waals surface area contributed by atoms with Crippen molar-refractivity contribution < 1.29 is 69.3 Å². The van der Waals surface area contributed by atoms with Gasteiger partial charge in [-0.15, -0.1) is 0 Å². The van der Waals surface area contributed by atoms with Gasteiger partial charge in [-0.25, -0.2) is 0 Å². The minimum Gasteiger partial charge on any atom is -0.508 e. The molecule has 0 spiro atoms. The number of fused-ring (bicyclic) bond motifs is 1. The third kappa shape index (κ3) is 5.25. The highest BCUT2D eigenvalue weighted by Crippen LogP contribution is 2.39. The Morgan fingerprint density at radius 2 is 1.56 bits per heavy atom. The van der Waals surface area contributed by atoms with Gasteiger partial charge in [-0.2, -0.15) is 0 Å².